The van der Waals surface area contributed by atoms with E-state index in [0.29, 0.717) is 6.61 Å². The molecular formula is C15H19N3O. The second kappa shape index (κ2) is 4.70. The van der Waals surface area contributed by atoms with Crippen LogP contribution in [0.5, 0.6) is 0 Å². The van der Waals surface area contributed by atoms with Crippen molar-refractivity contribution in [3.63, 3.8) is 0 Å². The number of fused-ring (bicyclic) bond motifs is 2. The molecule has 0 aromatic carbocycles. The van der Waals surface area contributed by atoms with E-state index in [1.807, 2.05) is 24.7 Å². The number of allylic oxidation sites excluding steroid dienone is 3. The molecule has 2 N–H and O–H groups in total. The molecule has 0 saturated heterocycles. The van der Waals surface area contributed by atoms with Gasteiger partial charge in [-0.1, -0.05) is 6.08 Å². The highest BCUT2D eigenvalue weighted by atomic mass is 16.5. The summed E-state index contributed by atoms with van der Waals surface area (Å²) in [6, 6.07) is 0.100. The SMILES string of the molecule is CCOC1=C2C=c3c(cnn3CC(C)N)=C2CC=C1. The maximum absolute atomic E-state index is 5.87. The zero-order valence-electron chi connectivity index (χ0n) is 11.4. The molecule has 1 aromatic heterocycles. The Labute approximate surface area is 112 Å². The van der Waals surface area contributed by atoms with E-state index in [4.69, 9.17) is 10.5 Å². The van der Waals surface area contributed by atoms with Crippen LogP contribution in [-0.2, 0) is 11.3 Å². The molecule has 1 heterocycles. The van der Waals surface area contributed by atoms with Crippen LogP contribution in [0, 0.1) is 0 Å². The van der Waals surface area contributed by atoms with E-state index in [0.717, 1.165) is 24.1 Å². The van der Waals surface area contributed by atoms with Crippen LogP contribution in [0.2, 0.25) is 0 Å². The number of rotatable bonds is 4. The lowest BCUT2D eigenvalue weighted by molar-refractivity contribution is 0.241. The van der Waals surface area contributed by atoms with E-state index in [9.17, 15) is 0 Å². The lowest BCUT2D eigenvalue weighted by Crippen LogP contribution is -2.33. The lowest BCUT2D eigenvalue weighted by atomic mass is 9.99. The Kier molecular flexibility index (Phi) is 3.03. The summed E-state index contributed by atoms with van der Waals surface area (Å²) in [5.74, 6) is 0.965. The van der Waals surface area contributed by atoms with Crippen molar-refractivity contribution in [1.82, 2.24) is 9.78 Å². The molecule has 3 rings (SSSR count). The van der Waals surface area contributed by atoms with Crippen LogP contribution in [0.1, 0.15) is 20.3 Å². The van der Waals surface area contributed by atoms with Crippen molar-refractivity contribution >= 4 is 11.6 Å². The van der Waals surface area contributed by atoms with E-state index in [1.165, 1.54) is 16.4 Å². The Morgan fingerprint density at radius 3 is 3.11 bits per heavy atom. The van der Waals surface area contributed by atoms with Gasteiger partial charge >= 0.3 is 0 Å². The van der Waals surface area contributed by atoms with Gasteiger partial charge in [-0.2, -0.15) is 5.10 Å². The molecule has 19 heavy (non-hydrogen) atoms. The maximum atomic E-state index is 5.87. The summed E-state index contributed by atoms with van der Waals surface area (Å²) in [6.45, 7) is 5.43. The third-order valence-electron chi connectivity index (χ3n) is 3.43. The minimum atomic E-state index is 0.100. The van der Waals surface area contributed by atoms with Crippen molar-refractivity contribution in [3.05, 3.63) is 40.2 Å². The average molecular weight is 257 g/mol. The van der Waals surface area contributed by atoms with Crippen molar-refractivity contribution in [2.75, 3.05) is 6.61 Å². The first-order valence-corrected chi connectivity index (χ1v) is 6.77. The Hall–Kier alpha value is -1.81. The van der Waals surface area contributed by atoms with E-state index < -0.39 is 0 Å². The molecule has 0 fully saturated rings. The number of nitrogens with zero attached hydrogens (tertiary/aromatic N) is 2. The molecular weight excluding hydrogens is 238 g/mol. The predicted octanol–water partition coefficient (Wildman–Crippen LogP) is 0.426. The molecule has 0 aliphatic heterocycles. The van der Waals surface area contributed by atoms with Gasteiger partial charge in [0.1, 0.15) is 5.76 Å². The van der Waals surface area contributed by atoms with Crippen molar-refractivity contribution < 1.29 is 4.74 Å². The van der Waals surface area contributed by atoms with Gasteiger partial charge in [-0.3, -0.25) is 4.68 Å². The molecule has 1 unspecified atom stereocenters. The fourth-order valence-electron chi connectivity index (χ4n) is 2.66. The van der Waals surface area contributed by atoms with Gasteiger partial charge in [-0.05, 0) is 38.0 Å². The number of ether oxygens (including phenoxy) is 1. The molecule has 1 aromatic rings. The third-order valence-corrected chi connectivity index (χ3v) is 3.43. The van der Waals surface area contributed by atoms with Gasteiger partial charge < -0.3 is 10.5 Å². The Bertz CT molecular complexity index is 677. The molecule has 0 spiro atoms. The van der Waals surface area contributed by atoms with E-state index in [1.54, 1.807) is 0 Å². The molecule has 0 bridgehead atoms. The van der Waals surface area contributed by atoms with Gasteiger partial charge in [0.15, 0.2) is 0 Å². The zero-order valence-corrected chi connectivity index (χ0v) is 11.4. The summed E-state index contributed by atoms with van der Waals surface area (Å²) in [6.07, 6.45) is 9.27. The second-order valence-corrected chi connectivity index (χ2v) is 5.04. The van der Waals surface area contributed by atoms with Crippen LogP contribution >= 0.6 is 0 Å². The van der Waals surface area contributed by atoms with Crippen LogP contribution < -0.4 is 16.3 Å². The Morgan fingerprint density at radius 2 is 2.37 bits per heavy atom. The average Bonchev–Trinajstić information content (AvgIpc) is 2.91. The second-order valence-electron chi connectivity index (χ2n) is 5.04. The van der Waals surface area contributed by atoms with Crippen LogP contribution in [0.25, 0.3) is 11.6 Å². The highest BCUT2D eigenvalue weighted by molar-refractivity contribution is 5.84. The molecule has 0 saturated carbocycles. The van der Waals surface area contributed by atoms with Gasteiger partial charge in [0.25, 0.3) is 0 Å². The van der Waals surface area contributed by atoms with Crippen molar-refractivity contribution in [2.45, 2.75) is 32.9 Å². The molecule has 2 aliphatic rings. The first kappa shape index (κ1) is 12.2. The number of aromatic nitrogens is 2. The van der Waals surface area contributed by atoms with Gasteiger partial charge in [-0.25, -0.2) is 0 Å². The fraction of sp³-hybridized carbons (Fsp3) is 0.400. The number of nitrogens with two attached hydrogens (primary N) is 1. The molecule has 2 aliphatic carbocycles. The van der Waals surface area contributed by atoms with E-state index in [2.05, 4.69) is 23.3 Å². The minimum Gasteiger partial charge on any atom is -0.493 e. The predicted molar refractivity (Wildman–Crippen MR) is 75.4 cm³/mol. The highest BCUT2D eigenvalue weighted by Crippen LogP contribution is 2.28. The quantitative estimate of drug-likeness (QED) is 0.851. The molecule has 100 valence electrons. The topological polar surface area (TPSA) is 53.1 Å². The Morgan fingerprint density at radius 1 is 1.53 bits per heavy atom. The Balaban J connectivity index is 2.13. The molecule has 4 nitrogen and oxygen atoms in total. The van der Waals surface area contributed by atoms with Crippen LogP contribution in [0.4, 0.5) is 0 Å². The highest BCUT2D eigenvalue weighted by Gasteiger charge is 2.20. The molecule has 1 atom stereocenters. The van der Waals surface area contributed by atoms with Crippen LogP contribution in [0.3, 0.4) is 0 Å². The standard InChI is InChI=1S/C15H19N3O/c1-3-19-15-6-4-5-11-12(15)7-14-13(11)8-17-18(14)9-10(2)16/h4,6-8,10H,3,5,9,16H2,1-2H3. The normalized spacial score (nSPS) is 18.2. The molecule has 4 heteroatoms. The van der Waals surface area contributed by atoms with Crippen LogP contribution in [0.15, 0.2) is 29.7 Å². The van der Waals surface area contributed by atoms with Crippen molar-refractivity contribution in [3.8, 4) is 0 Å². The minimum absolute atomic E-state index is 0.100. The van der Waals surface area contributed by atoms with Gasteiger partial charge in [0, 0.05) is 16.8 Å². The summed E-state index contributed by atoms with van der Waals surface area (Å²) in [4.78, 5) is 0. The number of hydrogen-bond donors (Lipinski definition) is 1. The molecule has 0 amide bonds. The van der Waals surface area contributed by atoms with E-state index in [-0.39, 0.29) is 6.04 Å². The van der Waals surface area contributed by atoms with Gasteiger partial charge in [-0.15, -0.1) is 0 Å². The first-order chi connectivity index (χ1) is 9.20. The van der Waals surface area contributed by atoms with Crippen LogP contribution in [-0.4, -0.2) is 22.4 Å². The van der Waals surface area contributed by atoms with Gasteiger partial charge in [0.2, 0.25) is 0 Å². The summed E-state index contributed by atoms with van der Waals surface area (Å²) in [5.41, 5.74) is 8.39. The first-order valence-electron chi connectivity index (χ1n) is 6.77. The smallest absolute Gasteiger partial charge is 0.126 e. The fourth-order valence-corrected chi connectivity index (χ4v) is 2.66. The maximum Gasteiger partial charge on any atom is 0.126 e. The van der Waals surface area contributed by atoms with E-state index >= 15 is 0 Å². The monoisotopic (exact) mass is 257 g/mol. The lowest BCUT2D eigenvalue weighted by Gasteiger charge is -2.14. The van der Waals surface area contributed by atoms with Crippen molar-refractivity contribution in [1.29, 1.82) is 0 Å². The summed E-state index contributed by atoms with van der Waals surface area (Å²) >= 11 is 0. The van der Waals surface area contributed by atoms with Crippen molar-refractivity contribution in [2.24, 2.45) is 5.73 Å². The number of hydrogen-bond acceptors (Lipinski definition) is 3. The summed E-state index contributed by atoms with van der Waals surface area (Å²) in [5, 5.41) is 6.81. The third kappa shape index (κ3) is 2.02. The largest absolute Gasteiger partial charge is 0.493 e. The zero-order chi connectivity index (χ0) is 13.4. The summed E-state index contributed by atoms with van der Waals surface area (Å²) in [7, 11) is 0. The van der Waals surface area contributed by atoms with Gasteiger partial charge in [0.05, 0.1) is 24.7 Å². The summed E-state index contributed by atoms with van der Waals surface area (Å²) < 4.78 is 7.69. The molecule has 0 radical (unpaired) electrons.